The van der Waals surface area contributed by atoms with Gasteiger partial charge in [0.25, 0.3) is 0 Å². The Bertz CT molecular complexity index is 520. The standard InChI is InChI=1S/C20H29BrO/c1-6-22-15(5)20-17(10-14(4)9-13(2)3)11-16-7-8-18(21)12-19(16)20/h7-8,12-14,17,20H,5-6,9-11H2,1-4H3/t14?,17?,20-/m0/s1. The average Bonchev–Trinajstić information content (AvgIpc) is 2.74. The highest BCUT2D eigenvalue weighted by atomic mass is 79.9. The van der Waals surface area contributed by atoms with Crippen LogP contribution in [0.5, 0.6) is 0 Å². The summed E-state index contributed by atoms with van der Waals surface area (Å²) in [6.07, 6.45) is 3.70. The highest BCUT2D eigenvalue weighted by Gasteiger charge is 2.36. The van der Waals surface area contributed by atoms with E-state index in [0.717, 1.165) is 28.5 Å². The fourth-order valence-electron chi connectivity index (χ4n) is 4.04. The van der Waals surface area contributed by atoms with E-state index < -0.39 is 0 Å². The molecule has 2 unspecified atom stereocenters. The largest absolute Gasteiger partial charge is 0.498 e. The predicted octanol–water partition coefficient (Wildman–Crippen LogP) is 6.33. The molecule has 2 rings (SSSR count). The molecule has 1 aromatic carbocycles. The third-order valence-electron chi connectivity index (χ3n) is 4.65. The van der Waals surface area contributed by atoms with Gasteiger partial charge in [-0.3, -0.25) is 0 Å². The first kappa shape index (κ1) is 17.6. The Kier molecular flexibility index (Phi) is 6.14. The molecule has 0 fully saturated rings. The van der Waals surface area contributed by atoms with E-state index in [1.54, 1.807) is 0 Å². The molecule has 0 saturated carbocycles. The van der Waals surface area contributed by atoms with Crippen LogP contribution in [0.1, 0.15) is 57.6 Å². The molecule has 1 aliphatic rings. The smallest absolute Gasteiger partial charge is 0.0965 e. The Morgan fingerprint density at radius 3 is 2.73 bits per heavy atom. The molecule has 1 aromatic rings. The molecule has 122 valence electrons. The van der Waals surface area contributed by atoms with Gasteiger partial charge in [-0.2, -0.15) is 0 Å². The van der Waals surface area contributed by atoms with Crippen molar-refractivity contribution in [2.45, 2.75) is 52.9 Å². The number of allylic oxidation sites excluding steroid dienone is 1. The second-order valence-electron chi connectivity index (χ2n) is 7.15. The van der Waals surface area contributed by atoms with E-state index in [1.165, 1.54) is 24.0 Å². The van der Waals surface area contributed by atoms with Gasteiger partial charge in [0.1, 0.15) is 0 Å². The summed E-state index contributed by atoms with van der Waals surface area (Å²) in [5, 5.41) is 0. The Balaban J connectivity index is 2.21. The Labute approximate surface area is 144 Å². The SMILES string of the molecule is C=C(OCC)[C@@H]1c2cc(Br)ccc2CC1CC(C)CC(C)C. The predicted molar refractivity (Wildman–Crippen MR) is 98.1 cm³/mol. The lowest BCUT2D eigenvalue weighted by molar-refractivity contribution is 0.188. The van der Waals surface area contributed by atoms with E-state index in [-0.39, 0.29) is 0 Å². The number of ether oxygens (including phenoxy) is 1. The first-order valence-electron chi connectivity index (χ1n) is 8.52. The molecule has 3 atom stereocenters. The molecule has 0 aromatic heterocycles. The van der Waals surface area contributed by atoms with E-state index in [4.69, 9.17) is 4.74 Å². The molecule has 0 radical (unpaired) electrons. The molecule has 0 amide bonds. The van der Waals surface area contributed by atoms with Crippen molar-refractivity contribution in [2.24, 2.45) is 17.8 Å². The number of halogens is 1. The van der Waals surface area contributed by atoms with E-state index in [1.807, 2.05) is 6.92 Å². The molecule has 1 nitrogen and oxygen atoms in total. The minimum atomic E-state index is 0.349. The summed E-state index contributed by atoms with van der Waals surface area (Å²) >= 11 is 3.61. The van der Waals surface area contributed by atoms with Crippen LogP contribution in [0.4, 0.5) is 0 Å². The van der Waals surface area contributed by atoms with Gasteiger partial charge in [-0.05, 0) is 67.2 Å². The van der Waals surface area contributed by atoms with Crippen LogP contribution >= 0.6 is 15.9 Å². The summed E-state index contributed by atoms with van der Waals surface area (Å²) in [6.45, 7) is 14.0. The third-order valence-corrected chi connectivity index (χ3v) is 5.15. The number of fused-ring (bicyclic) bond motifs is 1. The van der Waals surface area contributed by atoms with Gasteiger partial charge in [0.2, 0.25) is 0 Å². The second-order valence-corrected chi connectivity index (χ2v) is 8.07. The summed E-state index contributed by atoms with van der Waals surface area (Å²) in [7, 11) is 0. The molecule has 0 heterocycles. The molecular weight excluding hydrogens is 336 g/mol. The molecule has 0 aliphatic heterocycles. The van der Waals surface area contributed by atoms with Crippen molar-refractivity contribution < 1.29 is 4.74 Å². The highest BCUT2D eigenvalue weighted by Crippen LogP contribution is 2.46. The van der Waals surface area contributed by atoms with Crippen LogP contribution in [0.2, 0.25) is 0 Å². The van der Waals surface area contributed by atoms with Gasteiger partial charge in [0.05, 0.1) is 12.4 Å². The van der Waals surface area contributed by atoms with Crippen LogP contribution in [-0.2, 0) is 11.2 Å². The zero-order valence-electron chi connectivity index (χ0n) is 14.4. The van der Waals surface area contributed by atoms with E-state index in [9.17, 15) is 0 Å². The van der Waals surface area contributed by atoms with Crippen molar-refractivity contribution in [1.82, 2.24) is 0 Å². The van der Waals surface area contributed by atoms with Gasteiger partial charge in [-0.25, -0.2) is 0 Å². The van der Waals surface area contributed by atoms with Crippen molar-refractivity contribution in [3.05, 3.63) is 46.1 Å². The Morgan fingerprint density at radius 1 is 1.36 bits per heavy atom. The topological polar surface area (TPSA) is 9.23 Å². The van der Waals surface area contributed by atoms with Crippen LogP contribution in [0.15, 0.2) is 35.0 Å². The molecular formula is C20H29BrO. The summed E-state index contributed by atoms with van der Waals surface area (Å²) in [5.41, 5.74) is 2.88. The first-order valence-corrected chi connectivity index (χ1v) is 9.31. The van der Waals surface area contributed by atoms with Gasteiger partial charge in [-0.15, -0.1) is 0 Å². The van der Waals surface area contributed by atoms with Crippen LogP contribution < -0.4 is 0 Å². The van der Waals surface area contributed by atoms with Crippen LogP contribution in [0, 0.1) is 17.8 Å². The summed E-state index contributed by atoms with van der Waals surface area (Å²) < 4.78 is 6.96. The summed E-state index contributed by atoms with van der Waals surface area (Å²) in [6, 6.07) is 6.68. The van der Waals surface area contributed by atoms with Crippen molar-refractivity contribution in [3.63, 3.8) is 0 Å². The lowest BCUT2D eigenvalue weighted by Gasteiger charge is -2.26. The van der Waals surface area contributed by atoms with Gasteiger partial charge in [0, 0.05) is 10.4 Å². The van der Waals surface area contributed by atoms with E-state index in [2.05, 4.69) is 61.5 Å². The maximum Gasteiger partial charge on any atom is 0.0965 e. The summed E-state index contributed by atoms with van der Waals surface area (Å²) in [4.78, 5) is 0. The van der Waals surface area contributed by atoms with Gasteiger partial charge < -0.3 is 4.74 Å². The lowest BCUT2D eigenvalue weighted by Crippen LogP contribution is -2.16. The lowest BCUT2D eigenvalue weighted by atomic mass is 9.82. The summed E-state index contributed by atoms with van der Waals surface area (Å²) in [5.74, 6) is 3.43. The number of rotatable bonds is 7. The zero-order chi connectivity index (χ0) is 16.3. The van der Waals surface area contributed by atoms with Gasteiger partial charge in [0.15, 0.2) is 0 Å². The highest BCUT2D eigenvalue weighted by molar-refractivity contribution is 9.10. The molecule has 0 spiro atoms. The maximum atomic E-state index is 5.81. The first-order chi connectivity index (χ1) is 10.4. The fourth-order valence-corrected chi connectivity index (χ4v) is 4.42. The quantitative estimate of drug-likeness (QED) is 0.513. The van der Waals surface area contributed by atoms with Gasteiger partial charge >= 0.3 is 0 Å². The molecule has 1 aliphatic carbocycles. The number of hydrogen-bond acceptors (Lipinski definition) is 1. The number of benzene rings is 1. The zero-order valence-corrected chi connectivity index (χ0v) is 15.9. The number of hydrogen-bond donors (Lipinski definition) is 0. The van der Waals surface area contributed by atoms with Crippen molar-refractivity contribution in [1.29, 1.82) is 0 Å². The second kappa shape index (κ2) is 7.68. The molecule has 2 heteroatoms. The van der Waals surface area contributed by atoms with Crippen molar-refractivity contribution in [2.75, 3.05) is 6.61 Å². The minimum absolute atomic E-state index is 0.349. The van der Waals surface area contributed by atoms with Crippen LogP contribution in [0.25, 0.3) is 0 Å². The molecule has 0 bridgehead atoms. The fraction of sp³-hybridized carbons (Fsp3) is 0.600. The molecule has 0 N–H and O–H groups in total. The van der Waals surface area contributed by atoms with Gasteiger partial charge in [-0.1, -0.05) is 49.3 Å². The minimum Gasteiger partial charge on any atom is -0.498 e. The van der Waals surface area contributed by atoms with E-state index in [0.29, 0.717) is 18.4 Å². The van der Waals surface area contributed by atoms with Crippen molar-refractivity contribution >= 4 is 15.9 Å². The molecule has 22 heavy (non-hydrogen) atoms. The van der Waals surface area contributed by atoms with Crippen LogP contribution in [-0.4, -0.2) is 6.61 Å². The third kappa shape index (κ3) is 4.16. The maximum absolute atomic E-state index is 5.81. The molecule has 0 saturated heterocycles. The Morgan fingerprint density at radius 2 is 2.09 bits per heavy atom. The van der Waals surface area contributed by atoms with E-state index >= 15 is 0 Å². The van der Waals surface area contributed by atoms with Crippen LogP contribution in [0.3, 0.4) is 0 Å². The Hall–Kier alpha value is -0.760. The average molecular weight is 365 g/mol. The van der Waals surface area contributed by atoms with Crippen molar-refractivity contribution in [3.8, 4) is 0 Å². The normalized spacial score (nSPS) is 21.7. The monoisotopic (exact) mass is 364 g/mol.